The van der Waals surface area contributed by atoms with Crippen LogP contribution in [0.5, 0.6) is 0 Å². The fraction of sp³-hybridized carbons (Fsp3) is 0.375. The van der Waals surface area contributed by atoms with E-state index in [1.165, 1.54) is 12.1 Å². The van der Waals surface area contributed by atoms with Gasteiger partial charge in [-0.3, -0.25) is 0 Å². The summed E-state index contributed by atoms with van der Waals surface area (Å²) in [6.45, 7) is 6.66. The zero-order valence-corrected chi connectivity index (χ0v) is 13.0. The van der Waals surface area contributed by atoms with Gasteiger partial charge in [0.2, 0.25) is 0 Å². The van der Waals surface area contributed by atoms with E-state index in [2.05, 4.69) is 5.32 Å². The van der Waals surface area contributed by atoms with E-state index in [1.54, 1.807) is 17.4 Å². The predicted octanol–water partition coefficient (Wildman–Crippen LogP) is 5.08. The van der Waals surface area contributed by atoms with Gasteiger partial charge in [0.15, 0.2) is 0 Å². The van der Waals surface area contributed by atoms with Gasteiger partial charge in [0, 0.05) is 9.75 Å². The van der Waals surface area contributed by atoms with Crippen LogP contribution >= 0.6 is 11.3 Å². The molecular weight excluding hydrogens is 295 g/mol. The van der Waals surface area contributed by atoms with Crippen LogP contribution in [0.4, 0.5) is 13.2 Å². The monoisotopic (exact) mass is 313 g/mol. The molecule has 1 N–H and O–H groups in total. The second-order valence-electron chi connectivity index (χ2n) is 4.98. The molecule has 0 bridgehead atoms. The second-order valence-corrected chi connectivity index (χ2v) is 6.44. The van der Waals surface area contributed by atoms with E-state index in [9.17, 15) is 13.2 Å². The summed E-state index contributed by atoms with van der Waals surface area (Å²) in [5.74, 6) is 0. The van der Waals surface area contributed by atoms with Crippen LogP contribution in [0.1, 0.15) is 39.4 Å². The number of nitrogens with one attached hydrogen (secondary N) is 1. The molecule has 0 spiro atoms. The van der Waals surface area contributed by atoms with Crippen LogP contribution in [-0.4, -0.2) is 6.54 Å². The first-order valence-corrected chi connectivity index (χ1v) is 7.62. The SMILES string of the molecule is CCNC(c1cccc(C(F)(F)F)c1)c1cc(C)sc1C. The summed E-state index contributed by atoms with van der Waals surface area (Å²) in [5, 5.41) is 3.29. The normalized spacial score (nSPS) is 13.4. The number of hydrogen-bond donors (Lipinski definition) is 1. The van der Waals surface area contributed by atoms with Crippen molar-refractivity contribution in [1.29, 1.82) is 0 Å². The second kappa shape index (κ2) is 6.20. The third kappa shape index (κ3) is 3.66. The van der Waals surface area contributed by atoms with Crippen LogP contribution in [-0.2, 0) is 6.18 Å². The molecule has 0 aliphatic rings. The molecule has 2 aromatic rings. The van der Waals surface area contributed by atoms with Crippen LogP contribution in [0, 0.1) is 13.8 Å². The topological polar surface area (TPSA) is 12.0 Å². The Morgan fingerprint density at radius 2 is 1.90 bits per heavy atom. The molecule has 0 fully saturated rings. The molecule has 1 nitrogen and oxygen atoms in total. The third-order valence-corrected chi connectivity index (χ3v) is 4.33. The molecule has 1 aromatic heterocycles. The molecule has 5 heteroatoms. The molecule has 1 heterocycles. The largest absolute Gasteiger partial charge is 0.416 e. The molecule has 0 radical (unpaired) electrons. The summed E-state index contributed by atoms with van der Waals surface area (Å²) in [4.78, 5) is 2.30. The lowest BCUT2D eigenvalue weighted by molar-refractivity contribution is -0.137. The predicted molar refractivity (Wildman–Crippen MR) is 80.8 cm³/mol. The Labute approximate surface area is 126 Å². The van der Waals surface area contributed by atoms with E-state index in [0.717, 1.165) is 21.4 Å². The quantitative estimate of drug-likeness (QED) is 0.829. The van der Waals surface area contributed by atoms with Crippen molar-refractivity contribution in [1.82, 2.24) is 5.32 Å². The van der Waals surface area contributed by atoms with Gasteiger partial charge in [-0.2, -0.15) is 13.2 Å². The van der Waals surface area contributed by atoms with Gasteiger partial charge in [0.05, 0.1) is 11.6 Å². The highest BCUT2D eigenvalue weighted by atomic mass is 32.1. The first-order valence-electron chi connectivity index (χ1n) is 6.80. The van der Waals surface area contributed by atoms with Crippen molar-refractivity contribution in [2.75, 3.05) is 6.54 Å². The van der Waals surface area contributed by atoms with Crippen LogP contribution in [0.2, 0.25) is 0 Å². The summed E-state index contributed by atoms with van der Waals surface area (Å²) >= 11 is 1.67. The number of aryl methyl sites for hydroxylation is 2. The minimum absolute atomic E-state index is 0.206. The van der Waals surface area contributed by atoms with E-state index >= 15 is 0 Å². The fourth-order valence-electron chi connectivity index (χ4n) is 2.44. The maximum atomic E-state index is 12.9. The molecule has 0 amide bonds. The van der Waals surface area contributed by atoms with Crippen LogP contribution in [0.15, 0.2) is 30.3 Å². The average Bonchev–Trinajstić information content (AvgIpc) is 2.74. The summed E-state index contributed by atoms with van der Waals surface area (Å²) in [6.07, 6.45) is -4.31. The minimum atomic E-state index is -4.31. The Morgan fingerprint density at radius 1 is 1.19 bits per heavy atom. The summed E-state index contributed by atoms with van der Waals surface area (Å²) in [7, 11) is 0. The van der Waals surface area contributed by atoms with Crippen molar-refractivity contribution in [3.05, 3.63) is 56.8 Å². The highest BCUT2D eigenvalue weighted by Gasteiger charge is 2.31. The lowest BCUT2D eigenvalue weighted by Gasteiger charge is -2.20. The maximum Gasteiger partial charge on any atom is 0.416 e. The lowest BCUT2D eigenvalue weighted by Crippen LogP contribution is -2.22. The third-order valence-electron chi connectivity index (χ3n) is 3.35. The standard InChI is InChI=1S/C16H18F3NS/c1-4-20-15(14-8-10(2)21-11(14)3)12-6-5-7-13(9-12)16(17,18)19/h5-9,15,20H,4H2,1-3H3. The molecule has 2 rings (SSSR count). The van der Waals surface area contributed by atoms with Gasteiger partial charge in [-0.1, -0.05) is 19.1 Å². The van der Waals surface area contributed by atoms with Crippen LogP contribution in [0.3, 0.4) is 0 Å². The van der Waals surface area contributed by atoms with Crippen molar-refractivity contribution in [2.45, 2.75) is 33.0 Å². The molecule has 1 aromatic carbocycles. The van der Waals surface area contributed by atoms with Crippen LogP contribution < -0.4 is 5.32 Å². The summed E-state index contributed by atoms with van der Waals surface area (Å²) in [6, 6.07) is 7.40. The Hall–Kier alpha value is -1.33. The molecule has 0 saturated carbocycles. The zero-order chi connectivity index (χ0) is 15.6. The van der Waals surface area contributed by atoms with E-state index in [4.69, 9.17) is 0 Å². The molecule has 1 atom stereocenters. The highest BCUT2D eigenvalue weighted by molar-refractivity contribution is 7.12. The Bertz CT molecular complexity index is 616. The van der Waals surface area contributed by atoms with Gasteiger partial charge in [-0.05, 0) is 49.7 Å². The lowest BCUT2D eigenvalue weighted by atomic mass is 9.97. The maximum absolute atomic E-state index is 12.9. The van der Waals surface area contributed by atoms with Gasteiger partial charge in [-0.25, -0.2) is 0 Å². The van der Waals surface area contributed by atoms with Gasteiger partial charge in [0.1, 0.15) is 0 Å². The van der Waals surface area contributed by atoms with Crippen molar-refractivity contribution in [3.8, 4) is 0 Å². The van der Waals surface area contributed by atoms with Gasteiger partial charge < -0.3 is 5.32 Å². The Kier molecular flexibility index (Phi) is 4.74. The molecule has 114 valence electrons. The summed E-state index contributed by atoms with van der Waals surface area (Å²) in [5.41, 5.74) is 1.10. The van der Waals surface area contributed by atoms with Crippen LogP contribution in [0.25, 0.3) is 0 Å². The number of benzene rings is 1. The van der Waals surface area contributed by atoms with Crippen molar-refractivity contribution >= 4 is 11.3 Å². The zero-order valence-electron chi connectivity index (χ0n) is 12.2. The number of rotatable bonds is 4. The highest BCUT2D eigenvalue weighted by Crippen LogP contribution is 2.34. The average molecular weight is 313 g/mol. The van der Waals surface area contributed by atoms with Gasteiger partial charge in [0.25, 0.3) is 0 Å². The first kappa shape index (κ1) is 16.0. The van der Waals surface area contributed by atoms with Crippen molar-refractivity contribution in [2.24, 2.45) is 0 Å². The van der Waals surface area contributed by atoms with Gasteiger partial charge in [-0.15, -0.1) is 11.3 Å². The van der Waals surface area contributed by atoms with E-state index in [1.807, 2.05) is 26.8 Å². The molecular formula is C16H18F3NS. The molecule has 0 saturated heterocycles. The molecule has 0 aliphatic carbocycles. The molecule has 21 heavy (non-hydrogen) atoms. The number of halogens is 3. The Balaban J connectivity index is 2.46. The smallest absolute Gasteiger partial charge is 0.306 e. The number of alkyl halides is 3. The summed E-state index contributed by atoms with van der Waals surface area (Å²) < 4.78 is 38.7. The van der Waals surface area contributed by atoms with Crippen molar-refractivity contribution < 1.29 is 13.2 Å². The van der Waals surface area contributed by atoms with Gasteiger partial charge >= 0.3 is 6.18 Å². The molecule has 1 unspecified atom stereocenters. The number of hydrogen-bond acceptors (Lipinski definition) is 2. The molecule has 0 aliphatic heterocycles. The van der Waals surface area contributed by atoms with E-state index in [0.29, 0.717) is 12.1 Å². The minimum Gasteiger partial charge on any atom is -0.306 e. The first-order chi connectivity index (χ1) is 9.82. The van der Waals surface area contributed by atoms with E-state index in [-0.39, 0.29) is 6.04 Å². The van der Waals surface area contributed by atoms with E-state index < -0.39 is 11.7 Å². The van der Waals surface area contributed by atoms with Crippen molar-refractivity contribution in [3.63, 3.8) is 0 Å². The Morgan fingerprint density at radius 3 is 2.43 bits per heavy atom. The number of thiophene rings is 1. The fourth-order valence-corrected chi connectivity index (χ4v) is 3.41.